The van der Waals surface area contributed by atoms with Gasteiger partial charge in [0, 0.05) is 17.6 Å². The molecule has 2 amide bonds. The Balaban J connectivity index is 1.70. The van der Waals surface area contributed by atoms with Gasteiger partial charge < -0.3 is 20.1 Å². The molecule has 5 nitrogen and oxygen atoms in total. The lowest BCUT2D eigenvalue weighted by atomic mass is 10.1. The summed E-state index contributed by atoms with van der Waals surface area (Å²) < 4.78 is 39.1. The van der Waals surface area contributed by atoms with Crippen LogP contribution in [0, 0.1) is 0 Å². The molecule has 3 rings (SSSR count). The fourth-order valence-corrected chi connectivity index (χ4v) is 3.16. The Morgan fingerprint density at radius 2 is 1.96 bits per heavy atom. The van der Waals surface area contributed by atoms with Crippen molar-refractivity contribution in [2.75, 3.05) is 25.5 Å². The molecule has 0 saturated carbocycles. The zero-order valence-electron chi connectivity index (χ0n) is 13.9. The van der Waals surface area contributed by atoms with Crippen LogP contribution in [0.5, 0.6) is 0 Å². The van der Waals surface area contributed by atoms with Crippen LogP contribution >= 0.6 is 0 Å². The van der Waals surface area contributed by atoms with Gasteiger partial charge >= 0.3 is 12.2 Å². The van der Waals surface area contributed by atoms with Crippen LogP contribution in [-0.2, 0) is 6.54 Å². The predicted molar refractivity (Wildman–Crippen MR) is 90.7 cm³/mol. The predicted octanol–water partition coefficient (Wildman–Crippen LogP) is 3.42. The highest BCUT2D eigenvalue weighted by molar-refractivity contribution is 6.01. The number of fused-ring (bicyclic) bond motifs is 1. The number of anilines is 1. The van der Waals surface area contributed by atoms with Crippen molar-refractivity contribution in [3.63, 3.8) is 0 Å². The van der Waals surface area contributed by atoms with Gasteiger partial charge in [0.25, 0.3) is 0 Å². The van der Waals surface area contributed by atoms with E-state index in [1.165, 1.54) is 6.20 Å². The molecular formula is C17H21F3N4O. The van der Waals surface area contributed by atoms with E-state index in [9.17, 15) is 18.0 Å². The molecule has 25 heavy (non-hydrogen) atoms. The Kier molecular flexibility index (Phi) is 4.89. The number of halogens is 3. The molecule has 0 atom stereocenters. The minimum atomic E-state index is -4.29. The van der Waals surface area contributed by atoms with Crippen molar-refractivity contribution >= 4 is 22.6 Å². The first-order valence-corrected chi connectivity index (χ1v) is 8.22. The molecule has 1 aliphatic rings. The van der Waals surface area contributed by atoms with Crippen LogP contribution in [0.4, 0.5) is 23.7 Å². The molecule has 8 heteroatoms. The average Bonchev–Trinajstić information content (AvgIpc) is 2.92. The minimum Gasteiger partial charge on any atom is -0.338 e. The largest absolute Gasteiger partial charge is 0.406 e. The van der Waals surface area contributed by atoms with E-state index in [4.69, 9.17) is 0 Å². The van der Waals surface area contributed by atoms with Gasteiger partial charge in [0.15, 0.2) is 0 Å². The first kappa shape index (κ1) is 17.6. The van der Waals surface area contributed by atoms with Crippen LogP contribution in [-0.4, -0.2) is 47.9 Å². The summed E-state index contributed by atoms with van der Waals surface area (Å²) in [5, 5.41) is 6.28. The van der Waals surface area contributed by atoms with Crippen molar-refractivity contribution < 1.29 is 18.0 Å². The lowest BCUT2D eigenvalue weighted by Crippen LogP contribution is -2.44. The topological polar surface area (TPSA) is 49.3 Å². The average molecular weight is 354 g/mol. The van der Waals surface area contributed by atoms with Crippen molar-refractivity contribution in [2.24, 2.45) is 0 Å². The van der Waals surface area contributed by atoms with E-state index < -0.39 is 12.7 Å². The Morgan fingerprint density at radius 3 is 2.64 bits per heavy atom. The summed E-state index contributed by atoms with van der Waals surface area (Å²) in [5.41, 5.74) is 0.943. The molecule has 0 spiro atoms. The molecule has 2 N–H and O–H groups in total. The van der Waals surface area contributed by atoms with Crippen molar-refractivity contribution in [1.82, 2.24) is 14.8 Å². The number of nitrogens with zero attached hydrogens (tertiary/aromatic N) is 2. The van der Waals surface area contributed by atoms with E-state index in [1.54, 1.807) is 24.3 Å². The molecule has 2 aromatic rings. The van der Waals surface area contributed by atoms with Crippen LogP contribution in [0.3, 0.4) is 0 Å². The molecule has 0 unspecified atom stereocenters. The van der Waals surface area contributed by atoms with E-state index in [-0.39, 0.29) is 12.1 Å². The molecule has 0 radical (unpaired) electrons. The second kappa shape index (κ2) is 6.95. The normalized spacial score (nSPS) is 17.0. The maximum absolute atomic E-state index is 12.6. The quantitative estimate of drug-likeness (QED) is 0.887. The first-order valence-electron chi connectivity index (χ1n) is 8.22. The van der Waals surface area contributed by atoms with Crippen molar-refractivity contribution in [3.8, 4) is 0 Å². The van der Waals surface area contributed by atoms with Crippen LogP contribution in [0.25, 0.3) is 10.9 Å². The summed E-state index contributed by atoms with van der Waals surface area (Å²) in [6.07, 6.45) is -1.13. The van der Waals surface area contributed by atoms with Crippen LogP contribution in [0.1, 0.15) is 12.8 Å². The number of hydrogen-bond donors (Lipinski definition) is 2. The van der Waals surface area contributed by atoms with E-state index >= 15 is 0 Å². The van der Waals surface area contributed by atoms with Gasteiger partial charge in [-0.1, -0.05) is 6.07 Å². The van der Waals surface area contributed by atoms with E-state index in [0.29, 0.717) is 16.6 Å². The summed E-state index contributed by atoms with van der Waals surface area (Å²) >= 11 is 0. The van der Waals surface area contributed by atoms with E-state index in [0.717, 1.165) is 30.5 Å². The number of carbonyl (C=O) groups is 1. The SMILES string of the molecule is CN1CCC(NC(=O)Nc2cccc3c2ccn3CC(F)(F)F)CC1. The maximum atomic E-state index is 12.6. The van der Waals surface area contributed by atoms with Gasteiger partial charge in [0.05, 0.1) is 11.2 Å². The van der Waals surface area contributed by atoms with Crippen molar-refractivity contribution in [1.29, 1.82) is 0 Å². The molecule has 1 aromatic heterocycles. The highest BCUT2D eigenvalue weighted by Crippen LogP contribution is 2.27. The zero-order valence-corrected chi connectivity index (χ0v) is 13.9. The Labute approximate surface area is 143 Å². The molecule has 2 heterocycles. The number of rotatable bonds is 3. The van der Waals surface area contributed by atoms with Gasteiger partial charge in [0.1, 0.15) is 6.54 Å². The van der Waals surface area contributed by atoms with Crippen LogP contribution in [0.15, 0.2) is 30.5 Å². The lowest BCUT2D eigenvalue weighted by molar-refractivity contribution is -0.139. The van der Waals surface area contributed by atoms with Gasteiger partial charge in [-0.25, -0.2) is 4.79 Å². The van der Waals surface area contributed by atoms with Gasteiger partial charge in [-0.05, 0) is 51.2 Å². The molecular weight excluding hydrogens is 333 g/mol. The highest BCUT2D eigenvalue weighted by Gasteiger charge is 2.28. The maximum Gasteiger partial charge on any atom is 0.406 e. The minimum absolute atomic E-state index is 0.116. The molecule has 136 valence electrons. The molecule has 1 fully saturated rings. The molecule has 0 aliphatic carbocycles. The number of carbonyl (C=O) groups excluding carboxylic acids is 1. The molecule has 1 saturated heterocycles. The smallest absolute Gasteiger partial charge is 0.338 e. The Morgan fingerprint density at radius 1 is 1.24 bits per heavy atom. The number of piperidine rings is 1. The first-order chi connectivity index (χ1) is 11.8. The van der Waals surface area contributed by atoms with E-state index in [2.05, 4.69) is 15.5 Å². The third kappa shape index (κ3) is 4.45. The zero-order chi connectivity index (χ0) is 18.0. The van der Waals surface area contributed by atoms with Crippen molar-refractivity contribution in [2.45, 2.75) is 31.6 Å². The van der Waals surface area contributed by atoms with Gasteiger partial charge in [-0.2, -0.15) is 13.2 Å². The lowest BCUT2D eigenvalue weighted by Gasteiger charge is -2.29. The number of nitrogens with one attached hydrogen (secondary N) is 2. The monoisotopic (exact) mass is 354 g/mol. The number of benzene rings is 1. The highest BCUT2D eigenvalue weighted by atomic mass is 19.4. The number of urea groups is 1. The number of hydrogen-bond acceptors (Lipinski definition) is 2. The summed E-state index contributed by atoms with van der Waals surface area (Å²) in [5.74, 6) is 0. The number of aromatic nitrogens is 1. The number of alkyl halides is 3. The van der Waals surface area contributed by atoms with E-state index in [1.807, 2.05) is 7.05 Å². The fraction of sp³-hybridized carbons (Fsp3) is 0.471. The van der Waals surface area contributed by atoms with Gasteiger partial charge in [-0.3, -0.25) is 0 Å². The Bertz CT molecular complexity index is 748. The summed E-state index contributed by atoms with van der Waals surface area (Å²) in [6.45, 7) is 0.809. The second-order valence-electron chi connectivity index (χ2n) is 6.47. The third-order valence-corrected chi connectivity index (χ3v) is 4.47. The molecule has 0 bridgehead atoms. The third-order valence-electron chi connectivity index (χ3n) is 4.47. The molecule has 1 aliphatic heterocycles. The van der Waals surface area contributed by atoms with Gasteiger partial charge in [-0.15, -0.1) is 0 Å². The summed E-state index contributed by atoms with van der Waals surface area (Å²) in [7, 11) is 2.04. The fourth-order valence-electron chi connectivity index (χ4n) is 3.16. The summed E-state index contributed by atoms with van der Waals surface area (Å²) in [6, 6.07) is 6.32. The number of amides is 2. The van der Waals surface area contributed by atoms with Gasteiger partial charge in [0.2, 0.25) is 0 Å². The Hall–Kier alpha value is -2.22. The van der Waals surface area contributed by atoms with Crippen LogP contribution < -0.4 is 10.6 Å². The number of likely N-dealkylation sites (tertiary alicyclic amines) is 1. The van der Waals surface area contributed by atoms with Crippen molar-refractivity contribution in [3.05, 3.63) is 30.5 Å². The van der Waals surface area contributed by atoms with Crippen LogP contribution in [0.2, 0.25) is 0 Å². The second-order valence-corrected chi connectivity index (χ2v) is 6.47. The molecule has 1 aromatic carbocycles. The standard InChI is InChI=1S/C17H21F3N4O/c1-23-8-5-12(6-9-23)21-16(25)22-14-3-2-4-15-13(14)7-10-24(15)11-17(18,19)20/h2-4,7,10,12H,5-6,8-9,11H2,1H3,(H2,21,22,25). The summed E-state index contributed by atoms with van der Waals surface area (Å²) in [4.78, 5) is 14.4.